The van der Waals surface area contributed by atoms with E-state index in [4.69, 9.17) is 10.5 Å². The second kappa shape index (κ2) is 5.68. The van der Waals surface area contributed by atoms with Gasteiger partial charge < -0.3 is 25.2 Å². The molecule has 0 fully saturated rings. The third-order valence-electron chi connectivity index (χ3n) is 2.71. The standard InChI is InChI=1S/C11H18N4O4/c1-8-13-9(15(17)18)7-14(8)6-4-5-11(2,3)19-10(12)16/h7H,4-6H2,1-3H3,(H2,12,16). The Morgan fingerprint density at radius 2 is 2.26 bits per heavy atom. The van der Waals surface area contributed by atoms with Gasteiger partial charge in [-0.25, -0.2) is 4.79 Å². The van der Waals surface area contributed by atoms with E-state index < -0.39 is 16.6 Å². The monoisotopic (exact) mass is 270 g/mol. The number of nitro groups is 1. The maximum atomic E-state index is 10.7. The topological polar surface area (TPSA) is 113 Å². The molecule has 0 aliphatic carbocycles. The molecule has 0 aromatic carbocycles. The Labute approximate surface area is 110 Å². The Morgan fingerprint density at radius 1 is 1.63 bits per heavy atom. The molecule has 2 N–H and O–H groups in total. The SMILES string of the molecule is Cc1nc([N+](=O)[O-])cn1CCCC(C)(C)OC(N)=O. The highest BCUT2D eigenvalue weighted by molar-refractivity contribution is 5.65. The number of imidazole rings is 1. The first kappa shape index (κ1) is 14.9. The molecule has 8 heteroatoms. The van der Waals surface area contributed by atoms with Gasteiger partial charge in [-0.2, -0.15) is 0 Å². The summed E-state index contributed by atoms with van der Waals surface area (Å²) in [5.41, 5.74) is 4.32. The van der Waals surface area contributed by atoms with Gasteiger partial charge in [-0.05, 0) is 36.6 Å². The highest BCUT2D eigenvalue weighted by Crippen LogP contribution is 2.18. The van der Waals surface area contributed by atoms with Crippen LogP contribution in [-0.4, -0.2) is 26.2 Å². The van der Waals surface area contributed by atoms with Crippen LogP contribution in [0.2, 0.25) is 0 Å². The molecule has 1 amide bonds. The van der Waals surface area contributed by atoms with Gasteiger partial charge in [-0.15, -0.1) is 0 Å². The van der Waals surface area contributed by atoms with Gasteiger partial charge in [-0.1, -0.05) is 0 Å². The van der Waals surface area contributed by atoms with Crippen molar-refractivity contribution < 1.29 is 14.5 Å². The lowest BCUT2D eigenvalue weighted by molar-refractivity contribution is -0.389. The van der Waals surface area contributed by atoms with E-state index in [1.165, 1.54) is 6.20 Å². The van der Waals surface area contributed by atoms with Crippen molar-refractivity contribution >= 4 is 11.9 Å². The first-order valence-corrected chi connectivity index (χ1v) is 5.88. The lowest BCUT2D eigenvalue weighted by Gasteiger charge is -2.23. The zero-order valence-electron chi connectivity index (χ0n) is 11.3. The third kappa shape index (κ3) is 4.57. The maximum Gasteiger partial charge on any atom is 0.405 e. The smallest absolute Gasteiger partial charge is 0.405 e. The van der Waals surface area contributed by atoms with Crippen molar-refractivity contribution in [3.63, 3.8) is 0 Å². The number of hydrogen-bond acceptors (Lipinski definition) is 5. The van der Waals surface area contributed by atoms with Crippen molar-refractivity contribution in [2.24, 2.45) is 5.73 Å². The zero-order valence-corrected chi connectivity index (χ0v) is 11.3. The molecule has 0 saturated heterocycles. The highest BCUT2D eigenvalue weighted by atomic mass is 16.6. The zero-order chi connectivity index (χ0) is 14.6. The minimum absolute atomic E-state index is 0.162. The van der Waals surface area contributed by atoms with Crippen LogP contribution < -0.4 is 5.73 Å². The molecule has 1 aromatic heterocycles. The summed E-state index contributed by atoms with van der Waals surface area (Å²) in [6.45, 7) is 5.80. The van der Waals surface area contributed by atoms with E-state index in [2.05, 4.69) is 4.98 Å². The maximum absolute atomic E-state index is 10.7. The second-order valence-electron chi connectivity index (χ2n) is 4.88. The molecule has 106 valence electrons. The lowest BCUT2D eigenvalue weighted by Crippen LogP contribution is -2.31. The van der Waals surface area contributed by atoms with Crippen LogP contribution >= 0.6 is 0 Å². The molecule has 19 heavy (non-hydrogen) atoms. The Hall–Kier alpha value is -2.12. The quantitative estimate of drug-likeness (QED) is 0.624. The van der Waals surface area contributed by atoms with Crippen LogP contribution in [0.5, 0.6) is 0 Å². The normalized spacial score (nSPS) is 11.3. The van der Waals surface area contributed by atoms with Gasteiger partial charge in [-0.3, -0.25) is 0 Å². The number of rotatable bonds is 6. The number of nitrogens with zero attached hydrogens (tertiary/aromatic N) is 3. The summed E-state index contributed by atoms with van der Waals surface area (Å²) in [5.74, 6) is 0.422. The van der Waals surface area contributed by atoms with Crippen LogP contribution in [-0.2, 0) is 11.3 Å². The van der Waals surface area contributed by atoms with Crippen LogP contribution in [0.3, 0.4) is 0 Å². The molecule has 0 bridgehead atoms. The van der Waals surface area contributed by atoms with E-state index in [1.54, 1.807) is 25.3 Å². The van der Waals surface area contributed by atoms with Crippen molar-refractivity contribution in [3.05, 3.63) is 22.1 Å². The number of hydrogen-bond donors (Lipinski definition) is 1. The molecule has 1 heterocycles. The number of aryl methyl sites for hydroxylation is 2. The predicted molar refractivity (Wildman–Crippen MR) is 67.6 cm³/mol. The summed E-state index contributed by atoms with van der Waals surface area (Å²) in [7, 11) is 0. The van der Waals surface area contributed by atoms with E-state index >= 15 is 0 Å². The first-order valence-electron chi connectivity index (χ1n) is 5.88. The third-order valence-corrected chi connectivity index (χ3v) is 2.71. The van der Waals surface area contributed by atoms with Crippen molar-refractivity contribution in [2.45, 2.75) is 45.8 Å². The van der Waals surface area contributed by atoms with Crippen LogP contribution in [0.15, 0.2) is 6.20 Å². The van der Waals surface area contributed by atoms with Gasteiger partial charge in [0, 0.05) is 13.5 Å². The van der Waals surface area contributed by atoms with Gasteiger partial charge in [0.1, 0.15) is 11.8 Å². The molecular formula is C11H18N4O4. The summed E-state index contributed by atoms with van der Waals surface area (Å²) >= 11 is 0. The second-order valence-corrected chi connectivity index (χ2v) is 4.88. The molecule has 0 atom stereocenters. The van der Waals surface area contributed by atoms with E-state index in [9.17, 15) is 14.9 Å². The summed E-state index contributed by atoms with van der Waals surface area (Å²) < 4.78 is 6.66. The minimum atomic E-state index is -0.806. The van der Waals surface area contributed by atoms with Gasteiger partial charge >= 0.3 is 11.9 Å². The van der Waals surface area contributed by atoms with Crippen LogP contribution in [0.25, 0.3) is 0 Å². The van der Waals surface area contributed by atoms with Gasteiger partial charge in [0.05, 0.1) is 0 Å². The van der Waals surface area contributed by atoms with Gasteiger partial charge in [0.2, 0.25) is 5.82 Å². The Bertz CT molecular complexity index is 481. The first-order chi connectivity index (χ1) is 8.71. The minimum Gasteiger partial charge on any atom is -0.444 e. The Balaban J connectivity index is 2.53. The molecule has 8 nitrogen and oxygen atoms in total. The summed E-state index contributed by atoms with van der Waals surface area (Å²) in [6, 6.07) is 0. The number of aromatic nitrogens is 2. The van der Waals surface area contributed by atoms with E-state index in [1.807, 2.05) is 0 Å². The number of carbonyl (C=O) groups excluding carboxylic acids is 1. The number of ether oxygens (including phenoxy) is 1. The predicted octanol–water partition coefficient (Wildman–Crippen LogP) is 1.75. The van der Waals surface area contributed by atoms with Crippen molar-refractivity contribution in [3.8, 4) is 0 Å². The summed E-state index contributed by atoms with van der Waals surface area (Å²) in [4.78, 5) is 24.6. The molecule has 1 rings (SSSR count). The van der Waals surface area contributed by atoms with Crippen molar-refractivity contribution in [1.29, 1.82) is 0 Å². The number of nitrogens with two attached hydrogens (primary N) is 1. The fourth-order valence-corrected chi connectivity index (χ4v) is 1.80. The molecule has 1 aromatic rings. The molecule has 0 spiro atoms. The fourth-order valence-electron chi connectivity index (χ4n) is 1.80. The van der Waals surface area contributed by atoms with Crippen LogP contribution in [0, 0.1) is 17.0 Å². The average Bonchev–Trinajstić information content (AvgIpc) is 2.58. The number of amides is 1. The molecule has 0 unspecified atom stereocenters. The molecule has 0 aliphatic heterocycles. The van der Waals surface area contributed by atoms with E-state index in [0.717, 1.165) is 0 Å². The molecular weight excluding hydrogens is 252 g/mol. The van der Waals surface area contributed by atoms with Crippen LogP contribution in [0.1, 0.15) is 32.5 Å². The van der Waals surface area contributed by atoms with E-state index in [0.29, 0.717) is 25.2 Å². The largest absolute Gasteiger partial charge is 0.444 e. The average molecular weight is 270 g/mol. The summed E-state index contributed by atoms with van der Waals surface area (Å²) in [5, 5.41) is 10.6. The summed E-state index contributed by atoms with van der Waals surface area (Å²) in [6.07, 6.45) is 1.88. The lowest BCUT2D eigenvalue weighted by atomic mass is 10.0. The Kier molecular flexibility index (Phi) is 4.47. The molecule has 0 aliphatic rings. The van der Waals surface area contributed by atoms with Crippen molar-refractivity contribution in [2.75, 3.05) is 0 Å². The van der Waals surface area contributed by atoms with Crippen LogP contribution in [0.4, 0.5) is 10.6 Å². The van der Waals surface area contributed by atoms with Gasteiger partial charge in [0.25, 0.3) is 0 Å². The Morgan fingerprint density at radius 3 is 2.74 bits per heavy atom. The molecule has 0 saturated carbocycles. The highest BCUT2D eigenvalue weighted by Gasteiger charge is 2.22. The van der Waals surface area contributed by atoms with Gasteiger partial charge in [0.15, 0.2) is 0 Å². The fraction of sp³-hybridized carbons (Fsp3) is 0.636. The van der Waals surface area contributed by atoms with Crippen molar-refractivity contribution in [1.82, 2.24) is 9.55 Å². The molecule has 0 radical (unpaired) electrons. The number of carbonyl (C=O) groups is 1. The number of primary amides is 1. The van der Waals surface area contributed by atoms with E-state index in [-0.39, 0.29) is 5.82 Å².